The highest BCUT2D eigenvalue weighted by molar-refractivity contribution is 8.19. The van der Waals surface area contributed by atoms with Gasteiger partial charge in [-0.05, 0) is 48.5 Å². The fraction of sp³-hybridized carbons (Fsp3) is 0.0588. The Bertz CT molecular complexity index is 831. The molecule has 116 valence electrons. The van der Waals surface area contributed by atoms with E-state index < -0.39 is 0 Å². The predicted octanol–water partition coefficient (Wildman–Crippen LogP) is 5.36. The zero-order valence-corrected chi connectivity index (χ0v) is 14.5. The van der Waals surface area contributed by atoms with E-state index in [2.05, 4.69) is 0 Å². The van der Waals surface area contributed by atoms with E-state index in [4.69, 9.17) is 28.6 Å². The first-order valence-electron chi connectivity index (χ1n) is 6.80. The van der Waals surface area contributed by atoms with Crippen molar-refractivity contribution >= 4 is 57.8 Å². The quantitative estimate of drug-likeness (QED) is 0.731. The SMILES string of the molecule is Cc1ccc(N2C(=N)S/C(=C\c3cccc(Cl)c3Cl)C2=O)cc1. The van der Waals surface area contributed by atoms with E-state index in [0.29, 0.717) is 26.2 Å². The molecule has 1 saturated heterocycles. The van der Waals surface area contributed by atoms with Crippen molar-refractivity contribution in [2.24, 2.45) is 0 Å². The first-order valence-corrected chi connectivity index (χ1v) is 8.38. The Kier molecular flexibility index (Phi) is 4.48. The average Bonchev–Trinajstić information content (AvgIpc) is 2.79. The van der Waals surface area contributed by atoms with Gasteiger partial charge >= 0.3 is 0 Å². The van der Waals surface area contributed by atoms with E-state index in [1.807, 2.05) is 31.2 Å². The van der Waals surface area contributed by atoms with Gasteiger partial charge in [0.15, 0.2) is 5.17 Å². The average molecular weight is 363 g/mol. The number of amidine groups is 1. The molecule has 0 radical (unpaired) electrons. The molecule has 1 heterocycles. The highest BCUT2D eigenvalue weighted by Crippen LogP contribution is 2.37. The molecule has 0 aliphatic carbocycles. The van der Waals surface area contributed by atoms with Crippen molar-refractivity contribution in [3.05, 3.63) is 68.5 Å². The molecule has 2 aromatic carbocycles. The summed E-state index contributed by atoms with van der Waals surface area (Å²) in [5.41, 5.74) is 2.44. The van der Waals surface area contributed by atoms with Gasteiger partial charge in [0.1, 0.15) is 0 Å². The van der Waals surface area contributed by atoms with Gasteiger partial charge in [0.25, 0.3) is 5.91 Å². The summed E-state index contributed by atoms with van der Waals surface area (Å²) in [6.45, 7) is 1.97. The van der Waals surface area contributed by atoms with Crippen LogP contribution in [-0.4, -0.2) is 11.1 Å². The number of carbonyl (C=O) groups excluding carboxylic acids is 1. The number of carbonyl (C=O) groups is 1. The zero-order valence-electron chi connectivity index (χ0n) is 12.1. The third-order valence-corrected chi connectivity index (χ3v) is 5.11. The minimum absolute atomic E-state index is 0.170. The topological polar surface area (TPSA) is 44.2 Å². The third kappa shape index (κ3) is 3.15. The molecule has 1 aliphatic rings. The van der Waals surface area contributed by atoms with Gasteiger partial charge in [-0.3, -0.25) is 15.1 Å². The van der Waals surface area contributed by atoms with Crippen LogP contribution in [0.3, 0.4) is 0 Å². The normalized spacial score (nSPS) is 16.5. The monoisotopic (exact) mass is 362 g/mol. The first-order chi connectivity index (χ1) is 11.0. The van der Waals surface area contributed by atoms with E-state index in [-0.39, 0.29) is 11.1 Å². The van der Waals surface area contributed by atoms with Crippen molar-refractivity contribution in [3.63, 3.8) is 0 Å². The number of nitrogens with zero attached hydrogens (tertiary/aromatic N) is 1. The summed E-state index contributed by atoms with van der Waals surface area (Å²) < 4.78 is 0. The molecule has 3 rings (SSSR count). The molecule has 0 saturated carbocycles. The zero-order chi connectivity index (χ0) is 16.6. The van der Waals surface area contributed by atoms with Crippen LogP contribution in [0.1, 0.15) is 11.1 Å². The summed E-state index contributed by atoms with van der Waals surface area (Å²) in [6.07, 6.45) is 1.67. The lowest BCUT2D eigenvalue weighted by molar-refractivity contribution is -0.113. The van der Waals surface area contributed by atoms with Crippen molar-refractivity contribution < 1.29 is 4.79 Å². The molecule has 0 atom stereocenters. The van der Waals surface area contributed by atoms with Crippen LogP contribution in [0, 0.1) is 12.3 Å². The summed E-state index contributed by atoms with van der Waals surface area (Å²) >= 11 is 13.3. The molecule has 3 nitrogen and oxygen atoms in total. The van der Waals surface area contributed by atoms with Gasteiger partial charge in [-0.1, -0.05) is 53.0 Å². The second-order valence-corrected chi connectivity index (χ2v) is 6.85. The molecular formula is C17H12Cl2N2OS. The number of amides is 1. The van der Waals surface area contributed by atoms with Gasteiger partial charge < -0.3 is 0 Å². The Morgan fingerprint density at radius 1 is 1.13 bits per heavy atom. The second-order valence-electron chi connectivity index (χ2n) is 5.03. The van der Waals surface area contributed by atoms with Crippen LogP contribution in [-0.2, 0) is 4.79 Å². The number of halogens is 2. The summed E-state index contributed by atoms with van der Waals surface area (Å²) in [5, 5.41) is 9.09. The van der Waals surface area contributed by atoms with Gasteiger partial charge in [0, 0.05) is 0 Å². The van der Waals surface area contributed by atoms with E-state index in [1.165, 1.54) is 4.90 Å². The Morgan fingerprint density at radius 2 is 1.83 bits per heavy atom. The maximum absolute atomic E-state index is 12.6. The van der Waals surface area contributed by atoms with Crippen molar-refractivity contribution in [2.45, 2.75) is 6.92 Å². The summed E-state index contributed by atoms with van der Waals surface area (Å²) in [5.74, 6) is -0.236. The minimum atomic E-state index is -0.236. The second kappa shape index (κ2) is 6.40. The Labute approximate surface area is 148 Å². The van der Waals surface area contributed by atoms with Crippen molar-refractivity contribution in [1.29, 1.82) is 5.41 Å². The van der Waals surface area contributed by atoms with Gasteiger partial charge in [-0.2, -0.15) is 0 Å². The van der Waals surface area contributed by atoms with Gasteiger partial charge in [-0.25, -0.2) is 0 Å². The molecule has 1 amide bonds. The molecule has 1 N–H and O–H groups in total. The van der Waals surface area contributed by atoms with Crippen molar-refractivity contribution in [3.8, 4) is 0 Å². The molecule has 1 aliphatic heterocycles. The van der Waals surface area contributed by atoms with Crippen molar-refractivity contribution in [1.82, 2.24) is 0 Å². The fourth-order valence-corrected chi connectivity index (χ4v) is 3.40. The van der Waals surface area contributed by atoms with Crippen LogP contribution in [0.15, 0.2) is 47.4 Å². The summed E-state index contributed by atoms with van der Waals surface area (Å²) in [7, 11) is 0. The lowest BCUT2D eigenvalue weighted by Gasteiger charge is -2.14. The number of benzene rings is 2. The first kappa shape index (κ1) is 16.1. The van der Waals surface area contributed by atoms with Gasteiger partial charge in [0.05, 0.1) is 20.6 Å². The van der Waals surface area contributed by atoms with Crippen LogP contribution in [0.5, 0.6) is 0 Å². The molecule has 23 heavy (non-hydrogen) atoms. The highest BCUT2D eigenvalue weighted by atomic mass is 35.5. The Morgan fingerprint density at radius 3 is 2.52 bits per heavy atom. The number of hydrogen-bond donors (Lipinski definition) is 1. The summed E-state index contributed by atoms with van der Waals surface area (Å²) in [4.78, 5) is 14.4. The number of nitrogens with one attached hydrogen (secondary N) is 1. The van der Waals surface area contributed by atoms with E-state index >= 15 is 0 Å². The number of thioether (sulfide) groups is 1. The molecule has 0 unspecified atom stereocenters. The Hall–Kier alpha value is -1.75. The lowest BCUT2D eigenvalue weighted by atomic mass is 10.2. The number of aryl methyl sites for hydroxylation is 1. The third-order valence-electron chi connectivity index (χ3n) is 3.38. The highest BCUT2D eigenvalue weighted by Gasteiger charge is 2.33. The molecule has 0 bridgehead atoms. The largest absolute Gasteiger partial charge is 0.278 e. The van der Waals surface area contributed by atoms with Crippen molar-refractivity contribution in [2.75, 3.05) is 4.90 Å². The van der Waals surface area contributed by atoms with Crippen LogP contribution in [0.4, 0.5) is 5.69 Å². The molecule has 1 fully saturated rings. The van der Waals surface area contributed by atoms with Gasteiger partial charge in [-0.15, -0.1) is 0 Å². The number of hydrogen-bond acceptors (Lipinski definition) is 3. The molecule has 6 heteroatoms. The van der Waals surface area contributed by atoms with Gasteiger partial charge in [0.2, 0.25) is 0 Å². The maximum Gasteiger partial charge on any atom is 0.271 e. The van der Waals surface area contributed by atoms with Crippen LogP contribution >= 0.6 is 35.0 Å². The smallest absolute Gasteiger partial charge is 0.271 e. The molecular weight excluding hydrogens is 351 g/mol. The summed E-state index contributed by atoms with van der Waals surface area (Å²) in [6, 6.07) is 12.7. The van der Waals surface area contributed by atoms with E-state index in [0.717, 1.165) is 17.3 Å². The minimum Gasteiger partial charge on any atom is -0.278 e. The van der Waals surface area contributed by atoms with Crippen LogP contribution in [0.25, 0.3) is 6.08 Å². The van der Waals surface area contributed by atoms with E-state index in [1.54, 1.807) is 24.3 Å². The number of anilines is 1. The Balaban J connectivity index is 1.96. The molecule has 2 aromatic rings. The maximum atomic E-state index is 12.6. The predicted molar refractivity (Wildman–Crippen MR) is 98.4 cm³/mol. The molecule has 0 aromatic heterocycles. The van der Waals surface area contributed by atoms with E-state index in [9.17, 15) is 4.79 Å². The standard InChI is InChI=1S/C17H12Cl2N2OS/c1-10-5-7-12(8-6-10)21-16(22)14(23-17(21)20)9-11-3-2-4-13(18)15(11)19/h2-9,20H,1H3/b14-9-,20-17?. The lowest BCUT2D eigenvalue weighted by Crippen LogP contribution is -2.28. The fourth-order valence-electron chi connectivity index (χ4n) is 2.19. The number of rotatable bonds is 2. The molecule has 0 spiro atoms. The van der Waals surface area contributed by atoms with Crippen LogP contribution in [0.2, 0.25) is 10.0 Å². The van der Waals surface area contributed by atoms with Crippen LogP contribution < -0.4 is 4.90 Å².